The van der Waals surface area contributed by atoms with Crippen molar-refractivity contribution < 1.29 is 4.92 Å². The Labute approximate surface area is 123 Å². The number of hydrogen-bond acceptors (Lipinski definition) is 7. The largest absolute Gasteiger partial charge is 0.357 e. The van der Waals surface area contributed by atoms with Gasteiger partial charge in [-0.05, 0) is 26.3 Å². The second-order valence-electron chi connectivity index (χ2n) is 5.70. The second kappa shape index (κ2) is 5.44. The molecule has 0 amide bonds. The lowest BCUT2D eigenvalue weighted by molar-refractivity contribution is -0.384. The van der Waals surface area contributed by atoms with Crippen LogP contribution in [0.25, 0.3) is 0 Å². The molecule has 2 fully saturated rings. The van der Waals surface area contributed by atoms with Gasteiger partial charge in [0.15, 0.2) is 0 Å². The number of anilines is 2. The highest BCUT2D eigenvalue weighted by Gasteiger charge is 2.37. The summed E-state index contributed by atoms with van der Waals surface area (Å²) in [4.78, 5) is 23.7. The first-order chi connectivity index (χ1) is 10.1. The molecule has 1 N–H and O–H groups in total. The molecule has 8 heteroatoms. The van der Waals surface area contributed by atoms with Crippen molar-refractivity contribution >= 4 is 17.5 Å². The fourth-order valence-electron chi connectivity index (χ4n) is 3.31. The third-order valence-corrected chi connectivity index (χ3v) is 4.38. The molecule has 114 valence electrons. The van der Waals surface area contributed by atoms with Crippen LogP contribution in [-0.4, -0.2) is 58.6 Å². The van der Waals surface area contributed by atoms with E-state index in [4.69, 9.17) is 0 Å². The van der Waals surface area contributed by atoms with Gasteiger partial charge in [-0.15, -0.1) is 0 Å². The molecular formula is C13H20N6O2. The van der Waals surface area contributed by atoms with Gasteiger partial charge in [0.1, 0.15) is 6.20 Å². The fourth-order valence-corrected chi connectivity index (χ4v) is 3.31. The van der Waals surface area contributed by atoms with Crippen molar-refractivity contribution in [2.24, 2.45) is 0 Å². The van der Waals surface area contributed by atoms with Crippen molar-refractivity contribution in [2.45, 2.75) is 31.8 Å². The van der Waals surface area contributed by atoms with Crippen molar-refractivity contribution in [2.75, 3.05) is 36.9 Å². The Balaban J connectivity index is 1.95. The summed E-state index contributed by atoms with van der Waals surface area (Å²) in [6, 6.07) is 0.687. The average Bonchev–Trinajstić information content (AvgIpc) is 2.92. The van der Waals surface area contributed by atoms with E-state index in [0.29, 0.717) is 17.8 Å². The highest BCUT2D eigenvalue weighted by Crippen LogP contribution is 2.32. The monoisotopic (exact) mass is 292 g/mol. The number of nitro groups is 1. The minimum Gasteiger partial charge on any atom is -0.357 e. The van der Waals surface area contributed by atoms with Crippen LogP contribution >= 0.6 is 0 Å². The summed E-state index contributed by atoms with van der Waals surface area (Å²) in [7, 11) is 1.71. The van der Waals surface area contributed by atoms with Gasteiger partial charge in [-0.3, -0.25) is 15.0 Å². The Morgan fingerprint density at radius 3 is 3.00 bits per heavy atom. The molecule has 0 spiro atoms. The van der Waals surface area contributed by atoms with Crippen molar-refractivity contribution in [3.05, 3.63) is 16.3 Å². The van der Waals surface area contributed by atoms with E-state index < -0.39 is 4.92 Å². The molecule has 2 aliphatic rings. The van der Waals surface area contributed by atoms with E-state index in [1.165, 1.54) is 12.6 Å². The van der Waals surface area contributed by atoms with Crippen LogP contribution in [0.5, 0.6) is 0 Å². The molecular weight excluding hydrogens is 272 g/mol. The highest BCUT2D eigenvalue weighted by molar-refractivity contribution is 5.60. The van der Waals surface area contributed by atoms with Crippen LogP contribution in [0.3, 0.4) is 0 Å². The van der Waals surface area contributed by atoms with Gasteiger partial charge in [-0.2, -0.15) is 4.98 Å². The standard InChI is InChI=1S/C13H20N6O2/c1-9-7-17-5-3-4-10(17)8-18(9)12-11(19(20)21)6-15-13(14-2)16-12/h6,9-10H,3-5,7-8H2,1-2H3,(H,14,15,16). The zero-order chi connectivity index (χ0) is 15.0. The van der Waals surface area contributed by atoms with E-state index in [0.717, 1.165) is 26.1 Å². The van der Waals surface area contributed by atoms with Crippen LogP contribution in [0.2, 0.25) is 0 Å². The minimum absolute atomic E-state index is 0.0210. The normalized spacial score (nSPS) is 25.7. The van der Waals surface area contributed by atoms with Gasteiger partial charge in [0.05, 0.1) is 4.92 Å². The van der Waals surface area contributed by atoms with Crippen molar-refractivity contribution in [1.29, 1.82) is 0 Å². The van der Waals surface area contributed by atoms with Gasteiger partial charge in [0.25, 0.3) is 0 Å². The molecule has 3 heterocycles. The Kier molecular flexibility index (Phi) is 3.62. The Bertz CT molecular complexity index is 551. The highest BCUT2D eigenvalue weighted by atomic mass is 16.6. The summed E-state index contributed by atoms with van der Waals surface area (Å²) >= 11 is 0. The maximum Gasteiger partial charge on any atom is 0.329 e. The SMILES string of the molecule is CNc1ncc([N+](=O)[O-])c(N2CC3CCCN3CC2C)n1. The number of rotatable bonds is 3. The lowest BCUT2D eigenvalue weighted by atomic mass is 10.1. The number of aromatic nitrogens is 2. The number of hydrogen-bond donors (Lipinski definition) is 1. The van der Waals surface area contributed by atoms with Crippen molar-refractivity contribution in [3.8, 4) is 0 Å². The van der Waals surface area contributed by atoms with Gasteiger partial charge in [0, 0.05) is 32.2 Å². The Morgan fingerprint density at radius 1 is 1.48 bits per heavy atom. The summed E-state index contributed by atoms with van der Waals surface area (Å²) in [6.45, 7) is 4.96. The molecule has 0 aliphatic carbocycles. The number of nitrogens with one attached hydrogen (secondary N) is 1. The average molecular weight is 292 g/mol. The molecule has 21 heavy (non-hydrogen) atoms. The summed E-state index contributed by atoms with van der Waals surface area (Å²) in [6.07, 6.45) is 3.65. The molecule has 0 aromatic carbocycles. The lowest BCUT2D eigenvalue weighted by Crippen LogP contribution is -2.55. The van der Waals surface area contributed by atoms with Gasteiger partial charge in [0.2, 0.25) is 11.8 Å². The van der Waals surface area contributed by atoms with E-state index in [9.17, 15) is 10.1 Å². The fraction of sp³-hybridized carbons (Fsp3) is 0.692. The second-order valence-corrected chi connectivity index (χ2v) is 5.70. The maximum atomic E-state index is 11.3. The summed E-state index contributed by atoms with van der Waals surface area (Å²) in [5.41, 5.74) is -0.0210. The van der Waals surface area contributed by atoms with Crippen molar-refractivity contribution in [1.82, 2.24) is 14.9 Å². The maximum absolute atomic E-state index is 11.3. The lowest BCUT2D eigenvalue weighted by Gasteiger charge is -2.42. The number of nitrogens with zero attached hydrogens (tertiary/aromatic N) is 5. The Morgan fingerprint density at radius 2 is 2.29 bits per heavy atom. The molecule has 1 aromatic rings. The molecule has 3 rings (SSSR count). The van der Waals surface area contributed by atoms with Gasteiger partial charge >= 0.3 is 5.69 Å². The van der Waals surface area contributed by atoms with E-state index in [1.54, 1.807) is 7.05 Å². The molecule has 0 bridgehead atoms. The molecule has 0 saturated carbocycles. The van der Waals surface area contributed by atoms with Crippen molar-refractivity contribution in [3.63, 3.8) is 0 Å². The van der Waals surface area contributed by atoms with Crippen LogP contribution in [0.1, 0.15) is 19.8 Å². The smallest absolute Gasteiger partial charge is 0.329 e. The third-order valence-electron chi connectivity index (χ3n) is 4.38. The van der Waals surface area contributed by atoms with Gasteiger partial charge in [-0.25, -0.2) is 4.98 Å². The number of fused-ring (bicyclic) bond motifs is 1. The number of piperazine rings is 1. The van der Waals surface area contributed by atoms with E-state index in [2.05, 4.69) is 32.0 Å². The van der Waals surface area contributed by atoms with Gasteiger partial charge < -0.3 is 10.2 Å². The van der Waals surface area contributed by atoms with E-state index >= 15 is 0 Å². The summed E-state index contributed by atoms with van der Waals surface area (Å²) < 4.78 is 0. The Hall–Kier alpha value is -1.96. The molecule has 8 nitrogen and oxygen atoms in total. The van der Waals surface area contributed by atoms with Gasteiger partial charge in [-0.1, -0.05) is 0 Å². The molecule has 2 aliphatic heterocycles. The predicted octanol–water partition coefficient (Wildman–Crippen LogP) is 1.10. The molecule has 1 aromatic heterocycles. The van der Waals surface area contributed by atoms with Crippen LogP contribution in [0.4, 0.5) is 17.5 Å². The quantitative estimate of drug-likeness (QED) is 0.659. The molecule has 2 saturated heterocycles. The van der Waals surface area contributed by atoms with E-state index in [1.807, 2.05) is 0 Å². The molecule has 2 unspecified atom stereocenters. The third kappa shape index (κ3) is 2.51. The minimum atomic E-state index is -0.400. The van der Waals surface area contributed by atoms with Crippen LogP contribution in [-0.2, 0) is 0 Å². The van der Waals surface area contributed by atoms with Crippen LogP contribution in [0, 0.1) is 10.1 Å². The predicted molar refractivity (Wildman–Crippen MR) is 79.6 cm³/mol. The first-order valence-electron chi connectivity index (χ1n) is 7.30. The topological polar surface area (TPSA) is 87.4 Å². The first kappa shape index (κ1) is 14.0. The first-order valence-corrected chi connectivity index (χ1v) is 7.30. The zero-order valence-corrected chi connectivity index (χ0v) is 12.3. The molecule has 0 radical (unpaired) electrons. The van der Waals surface area contributed by atoms with Crippen LogP contribution < -0.4 is 10.2 Å². The summed E-state index contributed by atoms with van der Waals surface area (Å²) in [5, 5.41) is 14.1. The van der Waals surface area contributed by atoms with Crippen LogP contribution in [0.15, 0.2) is 6.20 Å². The molecule has 2 atom stereocenters. The van der Waals surface area contributed by atoms with E-state index in [-0.39, 0.29) is 11.7 Å². The zero-order valence-electron chi connectivity index (χ0n) is 12.3. The summed E-state index contributed by atoms with van der Waals surface area (Å²) in [5.74, 6) is 0.843.